The molecule has 2 unspecified atom stereocenters. The van der Waals surface area contributed by atoms with Crippen molar-refractivity contribution in [3.63, 3.8) is 0 Å². The molecule has 1 aromatic carbocycles. The van der Waals surface area contributed by atoms with Crippen molar-refractivity contribution in [2.45, 2.75) is 33.6 Å². The predicted molar refractivity (Wildman–Crippen MR) is 81.9 cm³/mol. The summed E-state index contributed by atoms with van der Waals surface area (Å²) in [7, 11) is 0. The number of aromatic carboxylic acids is 1. The quantitative estimate of drug-likeness (QED) is 0.654. The number of carboxylic acids is 1. The molecule has 1 aliphatic carbocycles. The molecular weight excluding hydrogens is 250 g/mol. The minimum Gasteiger partial charge on any atom is -0.478 e. The third-order valence-corrected chi connectivity index (χ3v) is 3.71. The van der Waals surface area contributed by atoms with Crippen molar-refractivity contribution in [1.82, 2.24) is 0 Å². The monoisotopic (exact) mass is 271 g/mol. The molecule has 3 nitrogen and oxygen atoms in total. The number of nitrogens with zero attached hydrogens (tertiary/aromatic N) is 1. The average Bonchev–Trinajstić information content (AvgIpc) is 2.35. The lowest BCUT2D eigenvalue weighted by atomic mass is 9.84. The highest BCUT2D eigenvalue weighted by Crippen LogP contribution is 2.29. The van der Waals surface area contributed by atoms with Gasteiger partial charge in [-0.2, -0.15) is 0 Å². The zero-order valence-corrected chi connectivity index (χ0v) is 12.3. The molecule has 0 heterocycles. The summed E-state index contributed by atoms with van der Waals surface area (Å²) in [5.74, 6) is 0.0428. The second-order valence-electron chi connectivity index (χ2n) is 5.74. The van der Waals surface area contributed by atoms with Gasteiger partial charge in [0.05, 0.1) is 11.3 Å². The number of para-hydroxylation sites is 1. The zero-order valence-electron chi connectivity index (χ0n) is 12.3. The lowest BCUT2D eigenvalue weighted by molar-refractivity contribution is 0.0697. The molecule has 0 aliphatic heterocycles. The Morgan fingerprint density at radius 1 is 1.40 bits per heavy atom. The summed E-state index contributed by atoms with van der Waals surface area (Å²) < 4.78 is 0. The van der Waals surface area contributed by atoms with E-state index < -0.39 is 5.97 Å². The summed E-state index contributed by atoms with van der Waals surface area (Å²) in [6, 6.07) is 5.26. The van der Waals surface area contributed by atoms with Crippen LogP contribution in [0.3, 0.4) is 0 Å². The first-order valence-corrected chi connectivity index (χ1v) is 7.01. The number of rotatable bonds is 3. The van der Waals surface area contributed by atoms with E-state index in [0.717, 1.165) is 18.4 Å². The molecule has 0 aromatic heterocycles. The summed E-state index contributed by atoms with van der Waals surface area (Å²) in [5, 5.41) is 9.23. The maximum Gasteiger partial charge on any atom is 0.337 e. The maximum atomic E-state index is 11.2. The Morgan fingerprint density at radius 2 is 2.15 bits per heavy atom. The molecule has 0 saturated carbocycles. The van der Waals surface area contributed by atoms with Crippen LogP contribution in [0.5, 0.6) is 0 Å². The molecule has 1 aliphatic rings. The first-order valence-electron chi connectivity index (χ1n) is 7.01. The molecule has 0 fully saturated rings. The number of aryl methyl sites for hydroxylation is 1. The molecule has 1 aromatic rings. The van der Waals surface area contributed by atoms with Gasteiger partial charge in [0.2, 0.25) is 0 Å². The van der Waals surface area contributed by atoms with Crippen LogP contribution in [0.4, 0.5) is 5.69 Å². The third kappa shape index (κ3) is 3.35. The topological polar surface area (TPSA) is 49.7 Å². The Morgan fingerprint density at radius 3 is 2.80 bits per heavy atom. The molecule has 20 heavy (non-hydrogen) atoms. The average molecular weight is 271 g/mol. The van der Waals surface area contributed by atoms with Crippen LogP contribution in [0.25, 0.3) is 0 Å². The van der Waals surface area contributed by atoms with Gasteiger partial charge in [0.15, 0.2) is 0 Å². The normalized spacial score (nSPS) is 22.9. The maximum absolute atomic E-state index is 11.2. The van der Waals surface area contributed by atoms with Crippen molar-refractivity contribution in [1.29, 1.82) is 0 Å². The van der Waals surface area contributed by atoms with Gasteiger partial charge in [-0.3, -0.25) is 4.99 Å². The second-order valence-corrected chi connectivity index (χ2v) is 5.74. The summed E-state index contributed by atoms with van der Waals surface area (Å²) >= 11 is 0. The summed E-state index contributed by atoms with van der Waals surface area (Å²) in [6.45, 7) is 6.25. The van der Waals surface area contributed by atoms with E-state index in [-0.39, 0.29) is 5.56 Å². The first-order chi connectivity index (χ1) is 9.47. The Kier molecular flexibility index (Phi) is 4.38. The highest BCUT2D eigenvalue weighted by atomic mass is 16.4. The number of allylic oxidation sites excluding steroid dienone is 2. The predicted octanol–water partition coefficient (Wildman–Crippen LogP) is 4.39. The van der Waals surface area contributed by atoms with Gasteiger partial charge in [0.25, 0.3) is 0 Å². The Labute approximate surface area is 120 Å². The highest BCUT2D eigenvalue weighted by Gasteiger charge is 2.17. The van der Waals surface area contributed by atoms with Gasteiger partial charge in [-0.25, -0.2) is 4.79 Å². The molecule has 2 atom stereocenters. The summed E-state index contributed by atoms with van der Waals surface area (Å²) in [4.78, 5) is 15.7. The second kappa shape index (κ2) is 6.04. The van der Waals surface area contributed by atoms with Crippen molar-refractivity contribution in [3.05, 3.63) is 41.0 Å². The van der Waals surface area contributed by atoms with Crippen molar-refractivity contribution >= 4 is 17.9 Å². The zero-order chi connectivity index (χ0) is 14.7. The van der Waals surface area contributed by atoms with Crippen LogP contribution in [0.1, 0.15) is 42.6 Å². The van der Waals surface area contributed by atoms with Crippen LogP contribution >= 0.6 is 0 Å². The van der Waals surface area contributed by atoms with Crippen molar-refractivity contribution < 1.29 is 9.90 Å². The van der Waals surface area contributed by atoms with Crippen LogP contribution in [0, 0.1) is 18.8 Å². The Balaban J connectivity index is 2.24. The van der Waals surface area contributed by atoms with E-state index in [0.29, 0.717) is 17.5 Å². The number of aliphatic imine (C=N–C) groups is 1. The Bertz CT molecular complexity index is 572. The fourth-order valence-electron chi connectivity index (χ4n) is 2.89. The van der Waals surface area contributed by atoms with Crippen molar-refractivity contribution in [3.8, 4) is 0 Å². The molecule has 106 valence electrons. The number of benzene rings is 1. The van der Waals surface area contributed by atoms with E-state index >= 15 is 0 Å². The van der Waals surface area contributed by atoms with Gasteiger partial charge in [0.1, 0.15) is 0 Å². The van der Waals surface area contributed by atoms with Gasteiger partial charge < -0.3 is 5.11 Å². The molecule has 2 rings (SSSR count). The van der Waals surface area contributed by atoms with Crippen LogP contribution in [0.15, 0.2) is 34.8 Å². The van der Waals surface area contributed by atoms with Crippen LogP contribution in [-0.2, 0) is 0 Å². The largest absolute Gasteiger partial charge is 0.478 e. The molecule has 3 heteroatoms. The van der Waals surface area contributed by atoms with Gasteiger partial charge in [-0.15, -0.1) is 0 Å². The van der Waals surface area contributed by atoms with Crippen molar-refractivity contribution in [2.75, 3.05) is 0 Å². The lowest BCUT2D eigenvalue weighted by Crippen LogP contribution is -2.12. The third-order valence-electron chi connectivity index (χ3n) is 3.71. The minimum absolute atomic E-state index is 0.275. The van der Waals surface area contributed by atoms with E-state index in [1.54, 1.807) is 12.1 Å². The number of hydrogen-bond acceptors (Lipinski definition) is 2. The van der Waals surface area contributed by atoms with E-state index in [9.17, 15) is 9.90 Å². The lowest BCUT2D eigenvalue weighted by Gasteiger charge is -2.22. The van der Waals surface area contributed by atoms with Gasteiger partial charge >= 0.3 is 5.97 Å². The van der Waals surface area contributed by atoms with Gasteiger partial charge in [-0.05, 0) is 50.2 Å². The van der Waals surface area contributed by atoms with Crippen LogP contribution in [0.2, 0.25) is 0 Å². The molecule has 0 bridgehead atoms. The molecule has 0 radical (unpaired) electrons. The number of hydrogen-bond donors (Lipinski definition) is 1. The van der Waals surface area contributed by atoms with Crippen molar-refractivity contribution in [2.24, 2.45) is 16.8 Å². The smallest absolute Gasteiger partial charge is 0.337 e. The van der Waals surface area contributed by atoms with E-state index in [1.807, 2.05) is 19.2 Å². The van der Waals surface area contributed by atoms with Gasteiger partial charge in [0, 0.05) is 6.21 Å². The standard InChI is InChI=1S/C17H21NO2/c1-11-7-12(2)9-14(8-11)10-18-16-13(3)5-4-6-15(16)17(19)20/h4-7,10-11,14H,8-9H2,1-3H3,(H,19,20). The number of carbonyl (C=O) groups is 1. The molecular formula is C17H21NO2. The summed E-state index contributed by atoms with van der Waals surface area (Å²) in [5.41, 5.74) is 3.15. The molecule has 1 N–H and O–H groups in total. The van der Waals surface area contributed by atoms with E-state index in [2.05, 4.69) is 24.9 Å². The molecule has 0 spiro atoms. The fraction of sp³-hybridized carbons (Fsp3) is 0.412. The minimum atomic E-state index is -0.922. The SMILES string of the molecule is CC1=CC(C)CC(C=Nc2c(C)cccc2C(=O)O)C1. The molecule has 0 amide bonds. The highest BCUT2D eigenvalue weighted by molar-refractivity contribution is 5.95. The van der Waals surface area contributed by atoms with Gasteiger partial charge in [-0.1, -0.05) is 30.7 Å². The summed E-state index contributed by atoms with van der Waals surface area (Å²) in [6.07, 6.45) is 6.33. The van der Waals surface area contributed by atoms with E-state index in [1.165, 1.54) is 5.57 Å². The van der Waals surface area contributed by atoms with Crippen LogP contribution < -0.4 is 0 Å². The first kappa shape index (κ1) is 14.5. The number of carboxylic acid groups (broad SMARTS) is 1. The fourth-order valence-corrected chi connectivity index (χ4v) is 2.89. The molecule has 0 saturated heterocycles. The van der Waals surface area contributed by atoms with Crippen LogP contribution in [-0.4, -0.2) is 17.3 Å². The Hall–Kier alpha value is -1.90. The van der Waals surface area contributed by atoms with E-state index in [4.69, 9.17) is 0 Å².